The smallest absolute Gasteiger partial charge is 0.318 e. The Morgan fingerprint density at radius 3 is 2.74 bits per heavy atom. The first-order valence-corrected chi connectivity index (χ1v) is 9.24. The number of urea groups is 1. The Hall–Kier alpha value is -1.63. The minimum absolute atomic E-state index is 0.0145. The maximum atomic E-state index is 12.6. The number of nitrogens with one attached hydrogen (secondary N) is 2. The van der Waals surface area contributed by atoms with E-state index in [0.29, 0.717) is 5.13 Å². The van der Waals surface area contributed by atoms with Crippen molar-refractivity contribution in [2.75, 3.05) is 11.9 Å². The maximum absolute atomic E-state index is 12.6. The fourth-order valence-corrected chi connectivity index (χ4v) is 3.30. The number of hydrogen-bond donors (Lipinski definition) is 2. The second-order valence-corrected chi connectivity index (χ2v) is 6.95. The predicted molar refractivity (Wildman–Crippen MR) is 92.6 cm³/mol. The minimum atomic E-state index is -0.209. The second-order valence-electron chi connectivity index (χ2n) is 6.06. The van der Waals surface area contributed by atoms with Gasteiger partial charge in [-0.2, -0.15) is 0 Å². The molecule has 1 aromatic heterocycles. The summed E-state index contributed by atoms with van der Waals surface area (Å²) < 4.78 is 0. The number of amides is 3. The molecule has 0 spiro atoms. The summed E-state index contributed by atoms with van der Waals surface area (Å²) in [6.07, 6.45) is 8.09. The van der Waals surface area contributed by atoms with Crippen LogP contribution in [-0.2, 0) is 4.79 Å². The zero-order valence-electron chi connectivity index (χ0n) is 13.9. The van der Waals surface area contributed by atoms with E-state index in [-0.39, 0.29) is 30.6 Å². The van der Waals surface area contributed by atoms with Gasteiger partial charge in [0.15, 0.2) is 5.13 Å². The van der Waals surface area contributed by atoms with Gasteiger partial charge in [-0.05, 0) is 26.2 Å². The van der Waals surface area contributed by atoms with Crippen molar-refractivity contribution < 1.29 is 9.59 Å². The van der Waals surface area contributed by atoms with Gasteiger partial charge < -0.3 is 15.5 Å². The van der Waals surface area contributed by atoms with Gasteiger partial charge in [0.2, 0.25) is 5.91 Å². The van der Waals surface area contributed by atoms with E-state index in [1.54, 1.807) is 16.5 Å². The minimum Gasteiger partial charge on any atom is -0.335 e. The Labute approximate surface area is 141 Å². The summed E-state index contributed by atoms with van der Waals surface area (Å²) in [6, 6.07) is 0.117. The molecule has 0 saturated heterocycles. The predicted octanol–water partition coefficient (Wildman–Crippen LogP) is 3.22. The van der Waals surface area contributed by atoms with Gasteiger partial charge in [-0.1, -0.05) is 26.2 Å². The monoisotopic (exact) mass is 338 g/mol. The lowest BCUT2D eigenvalue weighted by Gasteiger charge is -2.31. The third-order valence-electron chi connectivity index (χ3n) is 4.31. The number of anilines is 1. The molecule has 2 rings (SSSR count). The van der Waals surface area contributed by atoms with E-state index >= 15 is 0 Å². The van der Waals surface area contributed by atoms with Gasteiger partial charge in [0.25, 0.3) is 0 Å². The lowest BCUT2D eigenvalue weighted by atomic mass is 9.96. The average Bonchev–Trinajstić information content (AvgIpc) is 3.05. The van der Waals surface area contributed by atoms with Crippen LogP contribution in [0.25, 0.3) is 0 Å². The summed E-state index contributed by atoms with van der Waals surface area (Å²) in [5.74, 6) is -0.209. The Morgan fingerprint density at radius 2 is 2.13 bits per heavy atom. The molecular formula is C16H26N4O2S. The summed E-state index contributed by atoms with van der Waals surface area (Å²) in [6.45, 7) is 4.04. The number of thiazole rings is 1. The molecule has 1 aromatic rings. The molecule has 1 saturated carbocycles. The topological polar surface area (TPSA) is 74.3 Å². The number of carbonyl (C=O) groups excluding carboxylic acids is 2. The number of carbonyl (C=O) groups is 2. The highest BCUT2D eigenvalue weighted by atomic mass is 32.1. The average molecular weight is 338 g/mol. The zero-order chi connectivity index (χ0) is 16.7. The van der Waals surface area contributed by atoms with Gasteiger partial charge in [-0.25, -0.2) is 9.78 Å². The normalized spacial score (nSPS) is 16.6. The summed E-state index contributed by atoms with van der Waals surface area (Å²) in [5, 5.41) is 8.19. The summed E-state index contributed by atoms with van der Waals surface area (Å²) in [7, 11) is 0. The number of hydrogen-bond acceptors (Lipinski definition) is 4. The summed E-state index contributed by atoms with van der Waals surface area (Å²) >= 11 is 1.37. The largest absolute Gasteiger partial charge is 0.335 e. The van der Waals surface area contributed by atoms with Crippen molar-refractivity contribution in [3.8, 4) is 0 Å². The van der Waals surface area contributed by atoms with Gasteiger partial charge in [-0.15, -0.1) is 11.3 Å². The van der Waals surface area contributed by atoms with E-state index in [2.05, 4.69) is 15.6 Å². The van der Waals surface area contributed by atoms with Gasteiger partial charge in [0.1, 0.15) is 6.54 Å². The molecule has 3 amide bonds. The molecule has 1 atom stereocenters. The van der Waals surface area contributed by atoms with E-state index in [0.717, 1.165) is 19.3 Å². The van der Waals surface area contributed by atoms with Gasteiger partial charge in [0, 0.05) is 23.7 Å². The van der Waals surface area contributed by atoms with Crippen LogP contribution in [0.3, 0.4) is 0 Å². The van der Waals surface area contributed by atoms with Crippen molar-refractivity contribution in [3.63, 3.8) is 0 Å². The van der Waals surface area contributed by atoms with Crippen LogP contribution in [0.2, 0.25) is 0 Å². The zero-order valence-corrected chi connectivity index (χ0v) is 14.7. The first kappa shape index (κ1) is 17.7. The van der Waals surface area contributed by atoms with Crippen molar-refractivity contribution in [1.29, 1.82) is 0 Å². The summed E-state index contributed by atoms with van der Waals surface area (Å²) in [4.78, 5) is 30.4. The molecule has 128 valence electrons. The number of nitrogens with zero attached hydrogens (tertiary/aromatic N) is 2. The van der Waals surface area contributed by atoms with Crippen LogP contribution in [0, 0.1) is 0 Å². The molecule has 1 aliphatic carbocycles. The molecule has 6 nitrogen and oxygen atoms in total. The van der Waals surface area contributed by atoms with Crippen molar-refractivity contribution >= 4 is 28.4 Å². The highest BCUT2D eigenvalue weighted by Gasteiger charge is 2.25. The standard InChI is InChI=1S/C16H26N4O2S/c1-3-12(2)20(11-14(21)19-15-17-9-10-23-15)16(22)18-13-7-5-4-6-8-13/h9-10,12-13H,3-8,11H2,1-2H3,(H,18,22)(H,17,19,21)/t12-/m1/s1. The van der Waals surface area contributed by atoms with Crippen LogP contribution in [0.4, 0.5) is 9.93 Å². The molecule has 0 aromatic carbocycles. The fraction of sp³-hybridized carbons (Fsp3) is 0.688. The highest BCUT2D eigenvalue weighted by Crippen LogP contribution is 2.18. The SMILES string of the molecule is CC[C@@H](C)N(CC(=O)Nc1nccs1)C(=O)NC1CCCCC1. The molecule has 0 bridgehead atoms. The first-order valence-electron chi connectivity index (χ1n) is 8.36. The van der Waals surface area contributed by atoms with Gasteiger partial charge in [0.05, 0.1) is 0 Å². The van der Waals surface area contributed by atoms with Gasteiger partial charge in [-0.3, -0.25) is 4.79 Å². The quantitative estimate of drug-likeness (QED) is 0.836. The number of rotatable bonds is 6. The lowest BCUT2D eigenvalue weighted by Crippen LogP contribution is -2.51. The molecule has 7 heteroatoms. The van der Waals surface area contributed by atoms with E-state index in [9.17, 15) is 9.59 Å². The number of aromatic nitrogens is 1. The molecule has 23 heavy (non-hydrogen) atoms. The highest BCUT2D eigenvalue weighted by molar-refractivity contribution is 7.13. The Kier molecular flexibility index (Phi) is 6.83. The van der Waals surface area contributed by atoms with Crippen LogP contribution >= 0.6 is 11.3 Å². The van der Waals surface area contributed by atoms with Crippen molar-refractivity contribution in [3.05, 3.63) is 11.6 Å². The van der Waals surface area contributed by atoms with E-state index < -0.39 is 0 Å². The van der Waals surface area contributed by atoms with E-state index in [1.165, 1.54) is 30.6 Å². The van der Waals surface area contributed by atoms with Crippen molar-refractivity contribution in [2.45, 2.75) is 64.5 Å². The van der Waals surface area contributed by atoms with Crippen LogP contribution in [0.15, 0.2) is 11.6 Å². The van der Waals surface area contributed by atoms with Gasteiger partial charge >= 0.3 is 6.03 Å². The molecule has 2 N–H and O–H groups in total. The van der Waals surface area contributed by atoms with Crippen LogP contribution < -0.4 is 10.6 Å². The molecule has 0 radical (unpaired) electrons. The second kappa shape index (κ2) is 8.86. The van der Waals surface area contributed by atoms with E-state index in [1.807, 2.05) is 13.8 Å². The third-order valence-corrected chi connectivity index (χ3v) is 5.00. The van der Waals surface area contributed by atoms with E-state index in [4.69, 9.17) is 0 Å². The fourth-order valence-electron chi connectivity index (χ4n) is 2.75. The van der Waals surface area contributed by atoms with Crippen molar-refractivity contribution in [1.82, 2.24) is 15.2 Å². The molecule has 0 aliphatic heterocycles. The molecular weight excluding hydrogens is 312 g/mol. The third kappa shape index (κ3) is 5.49. The Bertz CT molecular complexity index is 500. The van der Waals surface area contributed by atoms with Crippen LogP contribution in [-0.4, -0.2) is 40.5 Å². The first-order chi connectivity index (χ1) is 11.1. The van der Waals surface area contributed by atoms with Crippen LogP contribution in [0.5, 0.6) is 0 Å². The van der Waals surface area contributed by atoms with Crippen LogP contribution in [0.1, 0.15) is 52.4 Å². The Balaban J connectivity index is 1.92. The summed E-state index contributed by atoms with van der Waals surface area (Å²) in [5.41, 5.74) is 0. The van der Waals surface area contributed by atoms with Crippen molar-refractivity contribution in [2.24, 2.45) is 0 Å². The molecule has 1 heterocycles. The molecule has 0 unspecified atom stereocenters. The Morgan fingerprint density at radius 1 is 1.39 bits per heavy atom. The lowest BCUT2D eigenvalue weighted by molar-refractivity contribution is -0.117. The molecule has 1 aliphatic rings. The maximum Gasteiger partial charge on any atom is 0.318 e. The molecule has 1 fully saturated rings.